The first-order valence-electron chi connectivity index (χ1n) is 9.04. The van der Waals surface area contributed by atoms with Crippen LogP contribution in [0, 0.1) is 11.8 Å². The topological polar surface area (TPSA) is 152 Å². The molecule has 0 bridgehead atoms. The van der Waals surface area contributed by atoms with E-state index in [9.17, 15) is 24.9 Å². The average molecular weight is 381 g/mol. The minimum atomic E-state index is -1.14. The number of amides is 1. The van der Waals surface area contributed by atoms with Gasteiger partial charge >= 0.3 is 5.97 Å². The summed E-state index contributed by atoms with van der Waals surface area (Å²) in [6.07, 6.45) is -1.49. The number of fused-ring (bicyclic) bond motifs is 1. The molecule has 10 heteroatoms. The third kappa shape index (κ3) is 3.17. The Morgan fingerprint density at radius 1 is 1.44 bits per heavy atom. The van der Waals surface area contributed by atoms with Gasteiger partial charge in [0.05, 0.1) is 30.2 Å². The van der Waals surface area contributed by atoms with Crippen LogP contribution in [0.2, 0.25) is 0 Å². The number of aliphatic hydroxyl groups is 2. The van der Waals surface area contributed by atoms with Crippen LogP contribution in [0.25, 0.3) is 0 Å². The molecule has 0 unspecified atom stereocenters. The summed E-state index contributed by atoms with van der Waals surface area (Å²) in [5.41, 5.74) is 6.32. The fourth-order valence-corrected chi connectivity index (χ4v) is 4.49. The summed E-state index contributed by atoms with van der Waals surface area (Å²) in [4.78, 5) is 31.3. The predicted octanol–water partition coefficient (Wildman–Crippen LogP) is -2.24. The van der Waals surface area contributed by atoms with E-state index in [1.165, 1.54) is 4.90 Å². The van der Waals surface area contributed by atoms with Crippen molar-refractivity contribution in [2.75, 3.05) is 26.7 Å². The predicted molar refractivity (Wildman–Crippen MR) is 96.5 cm³/mol. The van der Waals surface area contributed by atoms with Crippen molar-refractivity contribution in [3.63, 3.8) is 0 Å². The van der Waals surface area contributed by atoms with E-state index in [1.807, 2.05) is 11.8 Å². The smallest absolute Gasteiger partial charge is 0.352 e. The van der Waals surface area contributed by atoms with Crippen LogP contribution in [-0.2, 0) is 9.59 Å². The minimum Gasteiger partial charge on any atom is -0.477 e. The van der Waals surface area contributed by atoms with E-state index in [0.29, 0.717) is 25.2 Å². The van der Waals surface area contributed by atoms with E-state index >= 15 is 0 Å². The first-order valence-corrected chi connectivity index (χ1v) is 9.04. The molecule has 10 nitrogen and oxygen atoms in total. The van der Waals surface area contributed by atoms with Gasteiger partial charge in [0.1, 0.15) is 5.70 Å². The lowest BCUT2D eigenvalue weighted by molar-refractivity contribution is -0.163. The van der Waals surface area contributed by atoms with Crippen molar-refractivity contribution in [1.29, 1.82) is 0 Å². The van der Waals surface area contributed by atoms with Gasteiger partial charge in [-0.05, 0) is 12.5 Å². The number of hydrogen-bond donors (Lipinski definition) is 5. The van der Waals surface area contributed by atoms with Crippen molar-refractivity contribution in [3.05, 3.63) is 11.3 Å². The summed E-state index contributed by atoms with van der Waals surface area (Å²) in [7, 11) is 1.55. The molecule has 0 aromatic rings. The largest absolute Gasteiger partial charge is 0.477 e. The highest BCUT2D eigenvalue weighted by molar-refractivity contribution is 6.00. The number of likely N-dealkylation sites (tertiary alicyclic amines) is 1. The Kier molecular flexibility index (Phi) is 5.15. The second-order valence-corrected chi connectivity index (χ2v) is 7.55. The van der Waals surface area contributed by atoms with E-state index in [-0.39, 0.29) is 35.6 Å². The highest BCUT2D eigenvalue weighted by Gasteiger charge is 2.59. The van der Waals surface area contributed by atoms with E-state index < -0.39 is 24.1 Å². The van der Waals surface area contributed by atoms with Gasteiger partial charge in [-0.2, -0.15) is 0 Å². The van der Waals surface area contributed by atoms with Crippen LogP contribution in [0.5, 0.6) is 0 Å². The third-order valence-electron chi connectivity index (χ3n) is 5.85. The number of carbonyl (C=O) groups excluding carboxylic acids is 1. The van der Waals surface area contributed by atoms with Crippen molar-refractivity contribution in [2.45, 2.75) is 38.1 Å². The highest BCUT2D eigenvalue weighted by Crippen LogP contribution is 2.47. The van der Waals surface area contributed by atoms with Crippen molar-refractivity contribution < 1.29 is 24.9 Å². The first kappa shape index (κ1) is 19.6. The number of β-lactam (4-membered cyclic amide) rings is 1. The van der Waals surface area contributed by atoms with Crippen molar-refractivity contribution in [1.82, 2.24) is 15.1 Å². The molecular weight excluding hydrogens is 354 g/mol. The van der Waals surface area contributed by atoms with Crippen LogP contribution >= 0.6 is 0 Å². The Labute approximate surface area is 157 Å². The summed E-state index contributed by atoms with van der Waals surface area (Å²) in [5.74, 6) is -2.02. The Morgan fingerprint density at radius 3 is 2.67 bits per heavy atom. The molecule has 0 radical (unpaired) electrons. The standard InChI is InChI=1S/C17H27N5O5/c1-7-9(4-21-5-10(11(24)6-21)20-17(18)19-3)14(16(26)27)22-13(7)12(8(2)23)15(22)25/h7-8,10-13,23-24H,4-6H2,1-3H3,(H,26,27)(H3,18,19,20)/t7-,8+,10-,11-,12-,13+/m0/s1. The molecule has 3 aliphatic rings. The van der Waals surface area contributed by atoms with Crippen LogP contribution in [0.3, 0.4) is 0 Å². The van der Waals surface area contributed by atoms with Crippen molar-refractivity contribution >= 4 is 17.8 Å². The molecule has 2 fully saturated rings. The number of hydrogen-bond acceptors (Lipinski definition) is 6. The van der Waals surface area contributed by atoms with E-state index in [2.05, 4.69) is 10.3 Å². The monoisotopic (exact) mass is 381 g/mol. The Hall–Kier alpha value is -2.17. The summed E-state index contributed by atoms with van der Waals surface area (Å²) < 4.78 is 0. The summed E-state index contributed by atoms with van der Waals surface area (Å²) in [5, 5.41) is 32.8. The molecule has 0 spiro atoms. The molecule has 2 saturated heterocycles. The van der Waals surface area contributed by atoms with Crippen molar-refractivity contribution in [2.24, 2.45) is 22.6 Å². The maximum atomic E-state index is 12.4. The third-order valence-corrected chi connectivity index (χ3v) is 5.85. The average Bonchev–Trinajstić information content (AvgIpc) is 3.04. The number of β-amino-alcohol motifs (C(OH)–C–C–N with tert-alkyl or cyclic N) is 1. The van der Waals surface area contributed by atoms with Gasteiger partial charge in [-0.25, -0.2) is 4.79 Å². The van der Waals surface area contributed by atoms with Gasteiger partial charge in [0.2, 0.25) is 5.91 Å². The number of aliphatic hydroxyl groups excluding tert-OH is 2. The molecule has 1 amide bonds. The van der Waals surface area contributed by atoms with Gasteiger partial charge in [0, 0.05) is 32.6 Å². The number of nitrogens with two attached hydrogens (primary N) is 1. The van der Waals surface area contributed by atoms with Gasteiger partial charge < -0.3 is 31.3 Å². The summed E-state index contributed by atoms with van der Waals surface area (Å²) in [6, 6.07) is -0.633. The van der Waals surface area contributed by atoms with Crippen LogP contribution in [0.15, 0.2) is 16.3 Å². The lowest BCUT2D eigenvalue weighted by Crippen LogP contribution is -2.63. The van der Waals surface area contributed by atoms with Gasteiger partial charge in [-0.3, -0.25) is 14.7 Å². The molecule has 6 N–H and O–H groups in total. The maximum absolute atomic E-state index is 12.4. The molecule has 0 aromatic carbocycles. The lowest BCUT2D eigenvalue weighted by atomic mass is 9.77. The number of aliphatic carboxylic acids is 1. The fourth-order valence-electron chi connectivity index (χ4n) is 4.49. The van der Waals surface area contributed by atoms with E-state index in [0.717, 1.165) is 0 Å². The molecule has 3 rings (SSSR count). The highest BCUT2D eigenvalue weighted by atomic mass is 16.4. The summed E-state index contributed by atoms with van der Waals surface area (Å²) >= 11 is 0. The number of guanidine groups is 1. The number of nitrogens with zero attached hydrogens (tertiary/aromatic N) is 3. The Bertz CT molecular complexity index is 706. The molecule has 150 valence electrons. The molecule has 27 heavy (non-hydrogen) atoms. The molecular formula is C17H27N5O5. The zero-order valence-corrected chi connectivity index (χ0v) is 15.7. The first-order chi connectivity index (χ1) is 12.7. The number of carbonyl (C=O) groups is 2. The molecule has 6 atom stereocenters. The number of carboxylic acids is 1. The number of nitrogens with one attached hydrogen (secondary N) is 1. The Balaban J connectivity index is 1.78. The van der Waals surface area contributed by atoms with Crippen LogP contribution < -0.4 is 11.1 Å². The van der Waals surface area contributed by atoms with Crippen LogP contribution in [-0.4, -0.2) is 93.9 Å². The molecule has 0 saturated carbocycles. The van der Waals surface area contributed by atoms with Crippen molar-refractivity contribution in [3.8, 4) is 0 Å². The maximum Gasteiger partial charge on any atom is 0.352 e. The molecule has 0 aromatic heterocycles. The van der Waals surface area contributed by atoms with E-state index in [4.69, 9.17) is 5.73 Å². The molecule has 3 aliphatic heterocycles. The lowest BCUT2D eigenvalue weighted by Gasteiger charge is -2.46. The second kappa shape index (κ2) is 7.10. The molecule has 3 heterocycles. The normalized spacial score (nSPS) is 35.3. The Morgan fingerprint density at radius 2 is 2.11 bits per heavy atom. The SMILES string of the molecule is CN=C(N)N[C@H]1CN(CC2=C(C(=O)O)N3C(=O)[C@@H]([C@@H](C)O)[C@H]3[C@H]2C)C[C@@H]1O. The zero-order valence-electron chi connectivity index (χ0n) is 15.7. The molecule has 0 aliphatic carbocycles. The van der Waals surface area contributed by atoms with Gasteiger partial charge in [-0.1, -0.05) is 6.92 Å². The number of carboxylic acid groups (broad SMARTS) is 1. The summed E-state index contributed by atoms with van der Waals surface area (Å²) in [6.45, 7) is 4.59. The van der Waals surface area contributed by atoms with Gasteiger partial charge in [-0.15, -0.1) is 0 Å². The minimum absolute atomic E-state index is 0.00920. The quantitative estimate of drug-likeness (QED) is 0.204. The van der Waals surface area contributed by atoms with Gasteiger partial charge in [0.15, 0.2) is 5.96 Å². The van der Waals surface area contributed by atoms with Gasteiger partial charge in [0.25, 0.3) is 0 Å². The number of aliphatic imine (C=N–C) groups is 1. The number of rotatable bonds is 5. The second-order valence-electron chi connectivity index (χ2n) is 7.55. The van der Waals surface area contributed by atoms with Crippen LogP contribution in [0.1, 0.15) is 13.8 Å². The van der Waals surface area contributed by atoms with Crippen LogP contribution in [0.4, 0.5) is 0 Å². The fraction of sp³-hybridized carbons (Fsp3) is 0.706. The van der Waals surface area contributed by atoms with E-state index in [1.54, 1.807) is 14.0 Å². The zero-order chi connectivity index (χ0) is 20.0.